The second-order valence-corrected chi connectivity index (χ2v) is 5.97. The van der Waals surface area contributed by atoms with Crippen LogP contribution in [0.2, 0.25) is 0 Å². The minimum atomic E-state index is -4.46. The number of hydrogen-bond donors (Lipinski definition) is 1. The maximum Gasteiger partial charge on any atom is 0.446 e. The van der Waals surface area contributed by atoms with Crippen LogP contribution in [0.3, 0.4) is 0 Å². The molecule has 0 radical (unpaired) electrons. The van der Waals surface area contributed by atoms with Gasteiger partial charge in [-0.2, -0.15) is 13.2 Å². The molecule has 8 heteroatoms. The van der Waals surface area contributed by atoms with Crippen molar-refractivity contribution in [3.8, 4) is 0 Å². The molecule has 1 amide bonds. The van der Waals surface area contributed by atoms with Crippen molar-refractivity contribution in [2.24, 2.45) is 7.05 Å². The number of carbonyl (C=O) groups excluding carboxylic acids is 1. The number of carbonyl (C=O) groups is 1. The molecule has 0 fully saturated rings. The topological polar surface area (TPSA) is 51.1 Å². The second kappa shape index (κ2) is 6.49. The number of pyridine rings is 1. The maximum atomic E-state index is 12.6. The largest absolute Gasteiger partial charge is 0.446 e. The van der Waals surface area contributed by atoms with Gasteiger partial charge in [0.1, 0.15) is 0 Å². The van der Waals surface area contributed by atoms with Crippen LogP contribution in [0.4, 0.5) is 18.9 Å². The molecule has 0 aliphatic rings. The molecule has 1 aromatic carbocycles. The summed E-state index contributed by atoms with van der Waals surface area (Å²) in [5.74, 6) is -0.643. The number of hydrogen-bond acceptors (Lipinski definition) is 3. The summed E-state index contributed by atoms with van der Waals surface area (Å²) in [4.78, 5) is 23.6. The highest BCUT2D eigenvalue weighted by atomic mass is 32.2. The number of benzene rings is 1. The molecule has 2 rings (SSSR count). The van der Waals surface area contributed by atoms with Crippen molar-refractivity contribution >= 4 is 23.4 Å². The highest BCUT2D eigenvalue weighted by Crippen LogP contribution is 2.40. The minimum Gasteiger partial charge on any atom is -0.321 e. The molecule has 4 nitrogen and oxygen atoms in total. The Hall–Kier alpha value is -2.22. The zero-order chi connectivity index (χ0) is 17.2. The monoisotopic (exact) mass is 342 g/mol. The maximum absolute atomic E-state index is 12.6. The zero-order valence-electron chi connectivity index (χ0n) is 12.3. The fourth-order valence-corrected chi connectivity index (χ4v) is 2.55. The van der Waals surface area contributed by atoms with Gasteiger partial charge in [-0.3, -0.25) is 9.59 Å². The number of aryl methyl sites for hydroxylation is 2. The van der Waals surface area contributed by atoms with Gasteiger partial charge in [-0.15, -0.1) is 0 Å². The summed E-state index contributed by atoms with van der Waals surface area (Å²) in [5, 5.41) is 2.42. The van der Waals surface area contributed by atoms with Crippen LogP contribution < -0.4 is 10.9 Å². The van der Waals surface area contributed by atoms with Gasteiger partial charge in [0.2, 0.25) is 0 Å². The second-order valence-electron chi connectivity index (χ2n) is 4.87. The van der Waals surface area contributed by atoms with Crippen LogP contribution in [0.5, 0.6) is 0 Å². The third kappa shape index (κ3) is 4.62. The molecule has 0 spiro atoms. The quantitative estimate of drug-likeness (QED) is 0.868. The van der Waals surface area contributed by atoms with Gasteiger partial charge in [-0.25, -0.2) is 0 Å². The highest BCUT2D eigenvalue weighted by Gasteiger charge is 2.30. The Morgan fingerprint density at radius 2 is 1.91 bits per heavy atom. The molecule has 2 aromatic rings. The predicted molar refractivity (Wildman–Crippen MR) is 82.7 cm³/mol. The molecule has 0 bridgehead atoms. The summed E-state index contributed by atoms with van der Waals surface area (Å²) in [5.41, 5.74) is -4.08. The lowest BCUT2D eigenvalue weighted by atomic mass is 10.2. The Balaban J connectivity index is 2.30. The molecule has 0 aliphatic heterocycles. The molecular weight excluding hydrogens is 329 g/mol. The van der Waals surface area contributed by atoms with Crippen LogP contribution in [0, 0.1) is 6.92 Å². The zero-order valence-corrected chi connectivity index (χ0v) is 13.1. The first-order chi connectivity index (χ1) is 10.7. The van der Waals surface area contributed by atoms with Gasteiger partial charge in [0, 0.05) is 29.8 Å². The van der Waals surface area contributed by atoms with E-state index in [2.05, 4.69) is 5.32 Å². The number of anilines is 1. The minimum absolute atomic E-state index is 0.0450. The van der Waals surface area contributed by atoms with Crippen molar-refractivity contribution in [3.05, 3.63) is 58.0 Å². The number of alkyl halides is 3. The summed E-state index contributed by atoms with van der Waals surface area (Å²) < 4.78 is 39.1. The fraction of sp³-hybridized carbons (Fsp3) is 0.200. The van der Waals surface area contributed by atoms with Crippen molar-refractivity contribution < 1.29 is 18.0 Å². The lowest BCUT2D eigenvalue weighted by molar-refractivity contribution is -0.0328. The lowest BCUT2D eigenvalue weighted by Crippen LogP contribution is -2.20. The Bertz CT molecular complexity index is 800. The Labute approximate surface area is 134 Å². The van der Waals surface area contributed by atoms with E-state index in [1.165, 1.54) is 36.0 Å². The summed E-state index contributed by atoms with van der Waals surface area (Å²) in [6.07, 6.45) is 1.41. The van der Waals surface area contributed by atoms with Crippen LogP contribution in [-0.4, -0.2) is 16.0 Å². The SMILES string of the molecule is Cc1ccc(NC(=O)c2ccn(C)c(=O)c2)c(SC(F)(F)F)c1. The van der Waals surface area contributed by atoms with E-state index in [0.717, 1.165) is 6.07 Å². The van der Waals surface area contributed by atoms with Crippen molar-refractivity contribution in [1.82, 2.24) is 4.57 Å². The predicted octanol–water partition coefficient (Wildman–Crippen LogP) is 3.56. The van der Waals surface area contributed by atoms with Gasteiger partial charge in [0.15, 0.2) is 0 Å². The molecule has 0 atom stereocenters. The molecule has 122 valence electrons. The van der Waals surface area contributed by atoms with E-state index in [0.29, 0.717) is 5.56 Å². The van der Waals surface area contributed by atoms with Gasteiger partial charge in [-0.1, -0.05) is 6.07 Å². The van der Waals surface area contributed by atoms with E-state index in [-0.39, 0.29) is 33.5 Å². The average Bonchev–Trinajstić information content (AvgIpc) is 2.43. The van der Waals surface area contributed by atoms with Gasteiger partial charge < -0.3 is 9.88 Å². The number of nitrogens with one attached hydrogen (secondary N) is 1. The Morgan fingerprint density at radius 1 is 1.22 bits per heavy atom. The van der Waals surface area contributed by atoms with Crippen LogP contribution in [0.25, 0.3) is 0 Å². The fourth-order valence-electron chi connectivity index (χ4n) is 1.83. The van der Waals surface area contributed by atoms with E-state index in [4.69, 9.17) is 0 Å². The third-order valence-electron chi connectivity index (χ3n) is 2.98. The van der Waals surface area contributed by atoms with Crippen LogP contribution in [-0.2, 0) is 7.05 Å². The number of thioether (sulfide) groups is 1. The first kappa shape index (κ1) is 17.1. The molecule has 1 heterocycles. The third-order valence-corrected chi connectivity index (χ3v) is 3.77. The molecule has 0 saturated heterocycles. The summed E-state index contributed by atoms with van der Waals surface area (Å²) in [7, 11) is 1.53. The van der Waals surface area contributed by atoms with Gasteiger partial charge >= 0.3 is 5.51 Å². The van der Waals surface area contributed by atoms with E-state index in [1.54, 1.807) is 13.0 Å². The Kier molecular flexibility index (Phi) is 4.84. The molecule has 0 saturated carbocycles. The highest BCUT2D eigenvalue weighted by molar-refractivity contribution is 8.00. The van der Waals surface area contributed by atoms with E-state index in [9.17, 15) is 22.8 Å². The normalized spacial score (nSPS) is 11.3. The number of aromatic nitrogens is 1. The van der Waals surface area contributed by atoms with Crippen LogP contribution >= 0.6 is 11.8 Å². The first-order valence-corrected chi connectivity index (χ1v) is 7.32. The molecule has 0 unspecified atom stereocenters. The Morgan fingerprint density at radius 3 is 2.52 bits per heavy atom. The molecule has 1 aromatic heterocycles. The summed E-state index contributed by atoms with van der Waals surface area (Å²) >= 11 is -0.296. The van der Waals surface area contributed by atoms with Gasteiger partial charge in [0.05, 0.1) is 5.69 Å². The van der Waals surface area contributed by atoms with E-state index >= 15 is 0 Å². The van der Waals surface area contributed by atoms with Crippen molar-refractivity contribution in [2.45, 2.75) is 17.3 Å². The number of halogens is 3. The number of rotatable bonds is 3. The van der Waals surface area contributed by atoms with Crippen molar-refractivity contribution in [1.29, 1.82) is 0 Å². The first-order valence-electron chi connectivity index (χ1n) is 6.50. The van der Waals surface area contributed by atoms with E-state index < -0.39 is 11.4 Å². The summed E-state index contributed by atoms with van der Waals surface area (Å²) in [6, 6.07) is 6.89. The van der Waals surface area contributed by atoms with E-state index in [1.807, 2.05) is 0 Å². The average molecular weight is 342 g/mol. The smallest absolute Gasteiger partial charge is 0.321 e. The molecule has 23 heavy (non-hydrogen) atoms. The molecule has 0 aliphatic carbocycles. The standard InChI is InChI=1S/C15H13F3N2O2S/c1-9-3-4-11(12(7-9)23-15(16,17)18)19-14(22)10-5-6-20(2)13(21)8-10/h3-8H,1-2H3,(H,19,22). The van der Waals surface area contributed by atoms with Crippen molar-refractivity contribution in [3.63, 3.8) is 0 Å². The van der Waals surface area contributed by atoms with Crippen LogP contribution in [0.1, 0.15) is 15.9 Å². The molecule has 1 N–H and O–H groups in total. The number of nitrogens with zero attached hydrogens (tertiary/aromatic N) is 1. The van der Waals surface area contributed by atoms with Crippen LogP contribution in [0.15, 0.2) is 46.2 Å². The van der Waals surface area contributed by atoms with Gasteiger partial charge in [-0.05, 0) is 42.4 Å². The lowest BCUT2D eigenvalue weighted by Gasteiger charge is -2.13. The molecular formula is C15H13F3N2O2S. The van der Waals surface area contributed by atoms with Crippen molar-refractivity contribution in [2.75, 3.05) is 5.32 Å². The van der Waals surface area contributed by atoms with Gasteiger partial charge in [0.25, 0.3) is 11.5 Å². The summed E-state index contributed by atoms with van der Waals surface area (Å²) in [6.45, 7) is 1.66. The number of amides is 1.